The summed E-state index contributed by atoms with van der Waals surface area (Å²) in [7, 11) is 0. The highest BCUT2D eigenvalue weighted by molar-refractivity contribution is 5.97. The predicted octanol–water partition coefficient (Wildman–Crippen LogP) is 19.2. The van der Waals surface area contributed by atoms with Crippen LogP contribution in [0.25, 0.3) is 44.5 Å². The lowest BCUT2D eigenvalue weighted by Crippen LogP contribution is -2.34. The summed E-state index contributed by atoms with van der Waals surface area (Å²) >= 11 is 0. The van der Waals surface area contributed by atoms with Gasteiger partial charge in [-0.2, -0.15) is 0 Å². The molecule has 0 fully saturated rings. The number of rotatable bonds is 8. The van der Waals surface area contributed by atoms with E-state index in [9.17, 15) is 0 Å². The minimum absolute atomic E-state index is 0.0252. The summed E-state index contributed by atoms with van der Waals surface area (Å²) in [5.41, 5.74) is 24.2. The van der Waals surface area contributed by atoms with Gasteiger partial charge >= 0.3 is 0 Å². The summed E-state index contributed by atoms with van der Waals surface area (Å²) in [5, 5.41) is 0. The molecule has 3 aliphatic rings. The quantitative estimate of drug-likeness (QED) is 0.147. The normalized spacial score (nSPS) is 17.2. The summed E-state index contributed by atoms with van der Waals surface area (Å²) in [6, 6.07) is 80.9. The maximum atomic E-state index is 2.61. The fourth-order valence-electron chi connectivity index (χ4n) is 13.1. The van der Waals surface area contributed by atoms with Gasteiger partial charge in [-0.05, 0) is 167 Å². The first kappa shape index (κ1) is 45.9. The molecule has 12 rings (SSSR count). The zero-order valence-electron chi connectivity index (χ0n) is 43.5. The largest absolute Gasteiger partial charge is 0.310 e. The summed E-state index contributed by atoms with van der Waals surface area (Å²) in [4.78, 5) is 2.61. The van der Waals surface area contributed by atoms with Crippen molar-refractivity contribution in [2.24, 2.45) is 0 Å². The van der Waals surface area contributed by atoms with Crippen molar-refractivity contribution in [1.82, 2.24) is 0 Å². The molecule has 0 unspecified atom stereocenters. The number of fused-ring (bicyclic) bond motifs is 5. The van der Waals surface area contributed by atoms with E-state index in [1.54, 1.807) is 0 Å². The third-order valence-electron chi connectivity index (χ3n) is 17.5. The smallest absolute Gasteiger partial charge is 0.0714 e. The average Bonchev–Trinajstić information content (AvgIpc) is 3.70. The molecule has 9 aromatic rings. The van der Waals surface area contributed by atoms with Crippen molar-refractivity contribution in [2.45, 2.75) is 108 Å². The second-order valence-electron chi connectivity index (χ2n) is 23.8. The zero-order chi connectivity index (χ0) is 49.6. The minimum Gasteiger partial charge on any atom is -0.310 e. The third-order valence-corrected chi connectivity index (χ3v) is 17.5. The molecule has 356 valence electrons. The van der Waals surface area contributed by atoms with E-state index >= 15 is 0 Å². The van der Waals surface area contributed by atoms with Crippen LogP contribution in [-0.2, 0) is 27.1 Å². The van der Waals surface area contributed by atoms with Gasteiger partial charge in [-0.1, -0.05) is 231 Å². The van der Waals surface area contributed by atoms with Gasteiger partial charge in [-0.15, -0.1) is 0 Å². The lowest BCUT2D eigenvalue weighted by molar-refractivity contribution is 0.332. The number of nitrogens with zero attached hydrogens (tertiary/aromatic N) is 1. The van der Waals surface area contributed by atoms with Crippen molar-refractivity contribution in [3.63, 3.8) is 0 Å². The Bertz CT molecular complexity index is 3440. The van der Waals surface area contributed by atoms with E-state index in [4.69, 9.17) is 0 Å². The van der Waals surface area contributed by atoms with Crippen molar-refractivity contribution in [3.05, 3.63) is 257 Å². The van der Waals surface area contributed by atoms with Crippen LogP contribution in [0.5, 0.6) is 0 Å². The van der Waals surface area contributed by atoms with E-state index < -0.39 is 5.41 Å². The van der Waals surface area contributed by atoms with Crippen LogP contribution >= 0.6 is 0 Å². The Hall–Kier alpha value is -7.22. The molecule has 0 radical (unpaired) electrons. The maximum Gasteiger partial charge on any atom is 0.0714 e. The zero-order valence-corrected chi connectivity index (χ0v) is 43.5. The predicted molar refractivity (Wildman–Crippen MR) is 305 cm³/mol. The van der Waals surface area contributed by atoms with Gasteiger partial charge in [0.2, 0.25) is 0 Å². The van der Waals surface area contributed by atoms with Crippen LogP contribution in [-0.4, -0.2) is 0 Å². The Balaban J connectivity index is 1.15. The van der Waals surface area contributed by atoms with Crippen molar-refractivity contribution in [2.75, 3.05) is 4.90 Å². The molecule has 9 aromatic carbocycles. The Morgan fingerprint density at radius 1 is 0.278 bits per heavy atom. The summed E-state index contributed by atoms with van der Waals surface area (Å²) in [6.45, 7) is 19.6. The van der Waals surface area contributed by atoms with Gasteiger partial charge in [0.15, 0.2) is 0 Å². The molecule has 0 heterocycles. The second kappa shape index (κ2) is 17.0. The van der Waals surface area contributed by atoms with Crippen molar-refractivity contribution < 1.29 is 0 Å². The van der Waals surface area contributed by atoms with Gasteiger partial charge < -0.3 is 4.90 Å². The van der Waals surface area contributed by atoms with Gasteiger partial charge in [0.25, 0.3) is 0 Å². The van der Waals surface area contributed by atoms with Gasteiger partial charge in [-0.25, -0.2) is 0 Å². The van der Waals surface area contributed by atoms with Crippen molar-refractivity contribution >= 4 is 17.1 Å². The molecule has 1 heteroatoms. The fraction of sp³-hybridized carbons (Fsp3) is 0.239. The minimum atomic E-state index is -0.563. The Labute approximate surface area is 429 Å². The van der Waals surface area contributed by atoms with Gasteiger partial charge in [-0.3, -0.25) is 0 Å². The Kier molecular flexibility index (Phi) is 10.8. The first-order chi connectivity index (χ1) is 34.7. The molecule has 0 spiro atoms. The van der Waals surface area contributed by atoms with Crippen molar-refractivity contribution in [3.8, 4) is 44.5 Å². The van der Waals surface area contributed by atoms with Crippen LogP contribution in [0.3, 0.4) is 0 Å². The monoisotopic (exact) mass is 934 g/mol. The molecule has 0 saturated heterocycles. The topological polar surface area (TPSA) is 3.24 Å². The molecule has 0 N–H and O–H groups in total. The Morgan fingerprint density at radius 3 is 1.25 bits per heavy atom. The number of hydrogen-bond donors (Lipinski definition) is 0. The number of anilines is 3. The van der Waals surface area contributed by atoms with Gasteiger partial charge in [0.1, 0.15) is 0 Å². The molecular formula is C71H67N. The molecule has 0 atom stereocenters. The van der Waals surface area contributed by atoms with E-state index in [0.29, 0.717) is 0 Å². The molecule has 0 saturated carbocycles. The number of hydrogen-bond acceptors (Lipinski definition) is 1. The molecule has 72 heavy (non-hydrogen) atoms. The molecular weight excluding hydrogens is 867 g/mol. The highest BCUT2D eigenvalue weighted by atomic mass is 15.1. The summed E-state index contributed by atoms with van der Waals surface area (Å²) in [5.74, 6) is 0. The SMILES string of the molecule is CC1(C)CCC(C)(C)c2cc(-c3cc4c(cc3N(c3ccc(-c5ccc(-c6ccccc6)cc5)cc3)c3ccc5c(c3)C(C)(C)CCC5(C)C)C(c3ccccc3)(c3ccccc3)c3ccccc3-4)ccc21. The molecule has 0 aliphatic heterocycles. The molecule has 0 aromatic heterocycles. The molecule has 0 amide bonds. The first-order valence-electron chi connectivity index (χ1n) is 26.4. The highest BCUT2D eigenvalue weighted by Crippen LogP contribution is 2.60. The first-order valence-corrected chi connectivity index (χ1v) is 26.4. The van der Waals surface area contributed by atoms with E-state index in [0.717, 1.165) is 18.5 Å². The van der Waals surface area contributed by atoms with E-state index in [1.807, 2.05) is 0 Å². The van der Waals surface area contributed by atoms with Crippen LogP contribution in [0.1, 0.15) is 126 Å². The van der Waals surface area contributed by atoms with E-state index in [-0.39, 0.29) is 21.7 Å². The van der Waals surface area contributed by atoms with Crippen LogP contribution in [0.2, 0.25) is 0 Å². The van der Waals surface area contributed by atoms with E-state index in [2.05, 4.69) is 273 Å². The summed E-state index contributed by atoms with van der Waals surface area (Å²) in [6.07, 6.45) is 4.66. The Morgan fingerprint density at radius 2 is 0.694 bits per heavy atom. The van der Waals surface area contributed by atoms with Crippen LogP contribution < -0.4 is 4.90 Å². The summed E-state index contributed by atoms with van der Waals surface area (Å²) < 4.78 is 0. The average molecular weight is 934 g/mol. The van der Waals surface area contributed by atoms with Crippen LogP contribution in [0.4, 0.5) is 17.1 Å². The fourth-order valence-corrected chi connectivity index (χ4v) is 13.1. The maximum absolute atomic E-state index is 2.61. The standard InChI is InChI=1S/C71H67N/c1-67(2)40-42-69(5,6)64-44-52(34-38-61(64)67)58-46-59-57-26-18-19-27-60(57)71(53-22-14-10-15-23-53,54-24-16-11-17-25-54)63(59)47-66(58)72(56-37-39-62-65(45-56)70(7,8)43-41-68(62,3)4)55-35-32-51(33-36-55)50-30-28-49(29-31-50)48-20-12-9-13-21-48/h9-39,44-47H,40-43H2,1-8H3. The van der Waals surface area contributed by atoms with Gasteiger partial charge in [0.05, 0.1) is 11.1 Å². The third kappa shape index (κ3) is 7.41. The van der Waals surface area contributed by atoms with Crippen molar-refractivity contribution in [1.29, 1.82) is 0 Å². The molecule has 0 bridgehead atoms. The lowest BCUT2D eigenvalue weighted by Gasteiger charge is -2.43. The number of benzene rings is 9. The second-order valence-corrected chi connectivity index (χ2v) is 23.8. The van der Waals surface area contributed by atoms with Gasteiger partial charge in [0, 0.05) is 16.9 Å². The van der Waals surface area contributed by atoms with Crippen LogP contribution in [0, 0.1) is 0 Å². The molecule has 1 nitrogen and oxygen atoms in total. The van der Waals surface area contributed by atoms with E-state index in [1.165, 1.54) is 113 Å². The lowest BCUT2D eigenvalue weighted by atomic mass is 9.63. The molecule has 3 aliphatic carbocycles. The highest BCUT2D eigenvalue weighted by Gasteiger charge is 2.47. The van der Waals surface area contributed by atoms with Crippen LogP contribution in [0.15, 0.2) is 212 Å².